The first kappa shape index (κ1) is 13.3. The fourth-order valence-electron chi connectivity index (χ4n) is 2.19. The van der Waals surface area contributed by atoms with Gasteiger partial charge in [-0.3, -0.25) is 0 Å². The molecule has 0 atom stereocenters. The summed E-state index contributed by atoms with van der Waals surface area (Å²) in [6.07, 6.45) is 2.32. The van der Waals surface area contributed by atoms with Crippen molar-refractivity contribution in [3.05, 3.63) is 48.2 Å². The molecule has 1 aromatic carbocycles. The number of aromatic nitrogens is 1. The molecule has 0 radical (unpaired) electrons. The molecule has 0 spiro atoms. The fourth-order valence-corrected chi connectivity index (χ4v) is 4.63. The van der Waals surface area contributed by atoms with Crippen LogP contribution in [0.15, 0.2) is 42.6 Å². The van der Waals surface area contributed by atoms with Crippen LogP contribution < -0.4 is 8.96 Å². The molecule has 0 aliphatic heterocycles. The number of hydrogen-bond donors (Lipinski definition) is 0. The van der Waals surface area contributed by atoms with Gasteiger partial charge in [0.05, 0.1) is 0 Å². The van der Waals surface area contributed by atoms with Gasteiger partial charge in [0.15, 0.2) is 0 Å². The molecule has 18 heavy (non-hydrogen) atoms. The van der Waals surface area contributed by atoms with E-state index in [1.165, 1.54) is 16.8 Å². The molecule has 0 bridgehead atoms. The van der Waals surface area contributed by atoms with Crippen molar-refractivity contribution in [2.75, 3.05) is 0 Å². The van der Waals surface area contributed by atoms with Gasteiger partial charge in [-0.1, -0.05) is 0 Å². The van der Waals surface area contributed by atoms with Crippen LogP contribution in [0.25, 0.3) is 11.3 Å². The molecule has 2 heteroatoms. The molecule has 0 saturated carbocycles. The number of benzene rings is 1. The van der Waals surface area contributed by atoms with E-state index >= 15 is 0 Å². The molecule has 0 unspecified atom stereocenters. The first-order valence-electron chi connectivity index (χ1n) is 6.46. The Morgan fingerprint density at radius 2 is 1.61 bits per heavy atom. The first-order valence-corrected chi connectivity index (χ1v) is 13.8. The molecule has 0 aliphatic carbocycles. The van der Waals surface area contributed by atoms with E-state index in [1.54, 1.807) is 4.40 Å². The maximum atomic E-state index is 2.43. The van der Waals surface area contributed by atoms with Crippen LogP contribution in [-0.2, 0) is 7.05 Å². The van der Waals surface area contributed by atoms with Gasteiger partial charge in [-0.25, -0.2) is 0 Å². The Morgan fingerprint density at radius 3 is 2.17 bits per heavy atom. The van der Waals surface area contributed by atoms with Gasteiger partial charge >= 0.3 is 113 Å². The van der Waals surface area contributed by atoms with Gasteiger partial charge in [-0.15, -0.1) is 0 Å². The number of rotatable bonds is 2. The number of pyridine rings is 1. The SMILES string of the molecule is Cc1ccccc1-c1cc[c]([Ge]([CH3])([CH3])[CH3])c[n+]1C. The Kier molecular flexibility index (Phi) is 3.62. The maximum absolute atomic E-state index is 2.43. The van der Waals surface area contributed by atoms with Crippen LogP contribution in [-0.4, -0.2) is 13.3 Å². The van der Waals surface area contributed by atoms with Crippen LogP contribution in [0, 0.1) is 6.92 Å². The van der Waals surface area contributed by atoms with Gasteiger partial charge in [0.2, 0.25) is 0 Å². The van der Waals surface area contributed by atoms with Crippen molar-refractivity contribution in [1.29, 1.82) is 0 Å². The monoisotopic (exact) mass is 302 g/mol. The number of aryl methyl sites for hydroxylation is 2. The summed E-state index contributed by atoms with van der Waals surface area (Å²) >= 11 is -1.72. The molecule has 94 valence electrons. The quantitative estimate of drug-likeness (QED) is 0.593. The minimum atomic E-state index is -1.72. The molecule has 0 N–H and O–H groups in total. The number of hydrogen-bond acceptors (Lipinski definition) is 0. The van der Waals surface area contributed by atoms with Crippen molar-refractivity contribution in [3.8, 4) is 11.3 Å². The van der Waals surface area contributed by atoms with E-state index in [0.29, 0.717) is 0 Å². The van der Waals surface area contributed by atoms with Crippen LogP contribution in [0.5, 0.6) is 0 Å². The average Bonchev–Trinajstić information content (AvgIpc) is 2.29. The standard InChI is InChI=1S/C16H22GeN/c1-13-8-6-7-9-15(13)16-11-10-14(12-18(16)5)17(2,3)4/h6-12H,1-5H3/q+1. The van der Waals surface area contributed by atoms with Gasteiger partial charge in [0.25, 0.3) is 0 Å². The topological polar surface area (TPSA) is 3.88 Å². The summed E-state index contributed by atoms with van der Waals surface area (Å²) in [7, 11) is 2.15. The molecule has 0 amide bonds. The zero-order chi connectivity index (χ0) is 13.3. The summed E-state index contributed by atoms with van der Waals surface area (Å²) in [5, 5.41) is 0. The summed E-state index contributed by atoms with van der Waals surface area (Å²) in [6, 6.07) is 13.2. The second-order valence-electron chi connectivity index (χ2n) is 5.98. The molecular weight excluding hydrogens is 279 g/mol. The van der Waals surface area contributed by atoms with Crippen molar-refractivity contribution >= 4 is 17.7 Å². The van der Waals surface area contributed by atoms with E-state index in [0.717, 1.165) is 0 Å². The summed E-state index contributed by atoms with van der Waals surface area (Å²) in [4.78, 5) is 0. The van der Waals surface area contributed by atoms with Crippen molar-refractivity contribution in [1.82, 2.24) is 0 Å². The molecule has 1 nitrogen and oxygen atoms in total. The fraction of sp³-hybridized carbons (Fsp3) is 0.312. The molecule has 1 aromatic heterocycles. The van der Waals surface area contributed by atoms with Gasteiger partial charge in [-0.2, -0.15) is 0 Å². The van der Waals surface area contributed by atoms with E-state index in [-0.39, 0.29) is 0 Å². The van der Waals surface area contributed by atoms with Crippen LogP contribution >= 0.6 is 0 Å². The minimum absolute atomic E-state index is 1.29. The van der Waals surface area contributed by atoms with E-state index in [4.69, 9.17) is 0 Å². The Bertz CT molecular complexity index is 568. The van der Waals surface area contributed by atoms with E-state index in [2.05, 4.69) is 78.4 Å². The third-order valence-corrected chi connectivity index (χ3v) is 7.68. The van der Waals surface area contributed by atoms with Crippen molar-refractivity contribution in [2.24, 2.45) is 7.05 Å². The van der Waals surface area contributed by atoms with Gasteiger partial charge in [0, 0.05) is 0 Å². The van der Waals surface area contributed by atoms with Crippen molar-refractivity contribution < 1.29 is 4.57 Å². The number of nitrogens with zero attached hydrogens (tertiary/aromatic N) is 1. The van der Waals surface area contributed by atoms with Crippen LogP contribution in [0.2, 0.25) is 17.3 Å². The van der Waals surface area contributed by atoms with E-state index in [1.807, 2.05) is 0 Å². The van der Waals surface area contributed by atoms with Crippen LogP contribution in [0.3, 0.4) is 0 Å². The van der Waals surface area contributed by atoms with Gasteiger partial charge in [0.1, 0.15) is 0 Å². The summed E-state index contributed by atoms with van der Waals surface area (Å²) in [5.41, 5.74) is 3.95. The Balaban J connectivity index is 2.52. The first-order chi connectivity index (χ1) is 8.39. The predicted molar refractivity (Wildman–Crippen MR) is 80.8 cm³/mol. The zero-order valence-electron chi connectivity index (χ0n) is 12.0. The second kappa shape index (κ2) is 4.89. The van der Waals surface area contributed by atoms with E-state index in [9.17, 15) is 0 Å². The third kappa shape index (κ3) is 2.66. The second-order valence-corrected chi connectivity index (χ2v) is 16.6. The van der Waals surface area contributed by atoms with E-state index < -0.39 is 13.3 Å². The molecule has 0 aliphatic rings. The summed E-state index contributed by atoms with van der Waals surface area (Å²) in [6.45, 7) is 2.17. The molecule has 1 heterocycles. The Labute approximate surface area is 113 Å². The normalized spacial score (nSPS) is 11.6. The summed E-state index contributed by atoms with van der Waals surface area (Å²) < 4.78 is 3.82. The Hall–Kier alpha value is -1.09. The van der Waals surface area contributed by atoms with Crippen LogP contribution in [0.4, 0.5) is 0 Å². The molecule has 2 aromatic rings. The molecule has 0 saturated heterocycles. The average molecular weight is 301 g/mol. The molecular formula is C16H22GeN+. The van der Waals surface area contributed by atoms with Crippen molar-refractivity contribution in [2.45, 2.75) is 24.2 Å². The zero-order valence-corrected chi connectivity index (χ0v) is 14.1. The predicted octanol–water partition coefficient (Wildman–Crippen LogP) is 3.03. The Morgan fingerprint density at radius 1 is 0.944 bits per heavy atom. The third-order valence-electron chi connectivity index (χ3n) is 3.42. The van der Waals surface area contributed by atoms with Gasteiger partial charge in [-0.05, 0) is 0 Å². The van der Waals surface area contributed by atoms with Crippen LogP contribution in [0.1, 0.15) is 5.56 Å². The molecule has 0 fully saturated rings. The van der Waals surface area contributed by atoms with Crippen molar-refractivity contribution in [3.63, 3.8) is 0 Å². The van der Waals surface area contributed by atoms with Gasteiger partial charge < -0.3 is 0 Å². The summed E-state index contributed by atoms with van der Waals surface area (Å²) in [5.74, 6) is 7.30. The molecule has 2 rings (SSSR count).